The van der Waals surface area contributed by atoms with Gasteiger partial charge in [0.1, 0.15) is 29.8 Å². The van der Waals surface area contributed by atoms with Gasteiger partial charge in [0.15, 0.2) is 0 Å². The summed E-state index contributed by atoms with van der Waals surface area (Å²) in [6, 6.07) is 7.95. The van der Waals surface area contributed by atoms with Crippen LogP contribution in [0.3, 0.4) is 0 Å². The van der Waals surface area contributed by atoms with E-state index in [0.717, 1.165) is 35.7 Å². The highest BCUT2D eigenvalue weighted by Gasteiger charge is 2.26. The average molecular weight is 382 g/mol. The number of halogens is 1. The monoisotopic (exact) mass is 382 g/mol. The number of aromatic nitrogens is 2. The summed E-state index contributed by atoms with van der Waals surface area (Å²) in [5, 5.41) is 14.3. The summed E-state index contributed by atoms with van der Waals surface area (Å²) in [5.41, 5.74) is 8.79. The molecule has 1 aromatic heterocycles. The Hall–Kier alpha value is -2.93. The topological polar surface area (TPSA) is 93.3 Å². The van der Waals surface area contributed by atoms with Crippen molar-refractivity contribution in [1.82, 2.24) is 9.97 Å². The van der Waals surface area contributed by atoms with Gasteiger partial charge in [-0.1, -0.05) is 6.42 Å². The van der Waals surface area contributed by atoms with E-state index in [0.29, 0.717) is 29.4 Å². The smallest absolute Gasteiger partial charge is 0.146 e. The van der Waals surface area contributed by atoms with E-state index in [1.165, 1.54) is 18.5 Å². The van der Waals surface area contributed by atoms with E-state index in [1.807, 2.05) is 13.0 Å². The summed E-state index contributed by atoms with van der Waals surface area (Å²) in [4.78, 5) is 8.65. The van der Waals surface area contributed by atoms with Crippen molar-refractivity contribution in [2.24, 2.45) is 0 Å². The molecule has 0 spiro atoms. The molecule has 2 unspecified atom stereocenters. The Kier molecular flexibility index (Phi) is 5.00. The number of aliphatic hydroxyl groups is 1. The summed E-state index contributed by atoms with van der Waals surface area (Å²) < 4.78 is 19.9. The summed E-state index contributed by atoms with van der Waals surface area (Å²) >= 11 is 0. The molecule has 0 saturated heterocycles. The minimum atomic E-state index is -0.546. The molecular weight excluding hydrogens is 359 g/mol. The van der Waals surface area contributed by atoms with Crippen molar-refractivity contribution >= 4 is 28.1 Å². The van der Waals surface area contributed by atoms with Gasteiger partial charge >= 0.3 is 0 Å². The minimum Gasteiger partial charge on any atom is -0.485 e. The highest BCUT2D eigenvalue weighted by Crippen LogP contribution is 2.34. The van der Waals surface area contributed by atoms with Gasteiger partial charge < -0.3 is 20.9 Å². The number of hydrogen-bond donors (Lipinski definition) is 3. The molecule has 6 nitrogen and oxygen atoms in total. The normalized spacial score (nSPS) is 19.5. The van der Waals surface area contributed by atoms with Crippen molar-refractivity contribution < 1.29 is 14.2 Å². The molecule has 2 aromatic carbocycles. The molecule has 4 rings (SSSR count). The zero-order valence-electron chi connectivity index (χ0n) is 15.7. The fraction of sp³-hybridized carbons (Fsp3) is 0.333. The van der Waals surface area contributed by atoms with Gasteiger partial charge in [0.05, 0.1) is 17.3 Å². The molecular formula is C21H23FN4O2. The lowest BCUT2D eigenvalue weighted by Crippen LogP contribution is -2.34. The van der Waals surface area contributed by atoms with Crippen molar-refractivity contribution in [1.29, 1.82) is 0 Å². The molecule has 1 heterocycles. The Morgan fingerprint density at radius 3 is 2.82 bits per heavy atom. The van der Waals surface area contributed by atoms with Gasteiger partial charge in [-0.3, -0.25) is 0 Å². The molecule has 1 aliphatic carbocycles. The molecule has 7 heteroatoms. The first kappa shape index (κ1) is 18.4. The van der Waals surface area contributed by atoms with E-state index in [9.17, 15) is 9.50 Å². The lowest BCUT2D eigenvalue weighted by atomic mass is 9.95. The number of aliphatic hydroxyl groups excluding tert-OH is 1. The van der Waals surface area contributed by atoms with Gasteiger partial charge in [0, 0.05) is 17.1 Å². The van der Waals surface area contributed by atoms with Crippen LogP contribution in [0.4, 0.5) is 21.6 Å². The fourth-order valence-corrected chi connectivity index (χ4v) is 3.72. The van der Waals surface area contributed by atoms with Gasteiger partial charge in [0.2, 0.25) is 0 Å². The predicted octanol–water partition coefficient (Wildman–Crippen LogP) is 4.09. The van der Waals surface area contributed by atoms with Gasteiger partial charge in [-0.25, -0.2) is 14.4 Å². The Balaban J connectivity index is 1.70. The molecule has 0 aliphatic heterocycles. The van der Waals surface area contributed by atoms with Crippen LogP contribution < -0.4 is 15.8 Å². The zero-order valence-corrected chi connectivity index (χ0v) is 15.7. The maximum atomic E-state index is 13.9. The van der Waals surface area contributed by atoms with Crippen molar-refractivity contribution in [3.8, 4) is 5.75 Å². The fourth-order valence-electron chi connectivity index (χ4n) is 3.72. The van der Waals surface area contributed by atoms with Crippen LogP contribution in [0.1, 0.15) is 31.2 Å². The quantitative estimate of drug-likeness (QED) is 0.589. The number of nitrogens with one attached hydrogen (secondary N) is 1. The van der Waals surface area contributed by atoms with E-state index in [1.54, 1.807) is 12.1 Å². The SMILES string of the molecule is Cc1cc(N)cc2ncnc(Nc3ccc(F)cc3OC3CCCCC3O)c12. The van der Waals surface area contributed by atoms with Gasteiger partial charge in [-0.15, -0.1) is 0 Å². The number of hydrogen-bond acceptors (Lipinski definition) is 6. The molecule has 0 amide bonds. The maximum absolute atomic E-state index is 13.9. The average Bonchev–Trinajstić information content (AvgIpc) is 2.65. The number of nitrogen functional groups attached to an aromatic ring is 1. The lowest BCUT2D eigenvalue weighted by Gasteiger charge is -2.29. The number of rotatable bonds is 4. The molecule has 3 aromatic rings. The molecule has 0 radical (unpaired) electrons. The van der Waals surface area contributed by atoms with E-state index < -0.39 is 11.9 Å². The summed E-state index contributed by atoms with van der Waals surface area (Å²) in [6.07, 6.45) is 3.96. The first-order valence-corrected chi connectivity index (χ1v) is 9.43. The summed E-state index contributed by atoms with van der Waals surface area (Å²) in [5.74, 6) is 0.538. The third-order valence-electron chi connectivity index (χ3n) is 5.10. The lowest BCUT2D eigenvalue weighted by molar-refractivity contribution is 0.00712. The minimum absolute atomic E-state index is 0.347. The maximum Gasteiger partial charge on any atom is 0.146 e. The van der Waals surface area contributed by atoms with Crippen LogP contribution in [-0.2, 0) is 0 Å². The van der Waals surface area contributed by atoms with Gasteiger partial charge in [-0.05, 0) is 56.0 Å². The van der Waals surface area contributed by atoms with Crippen LogP contribution in [0.25, 0.3) is 10.9 Å². The third kappa shape index (κ3) is 3.71. The first-order chi connectivity index (χ1) is 13.5. The zero-order chi connectivity index (χ0) is 19.7. The molecule has 1 aliphatic rings. The number of ether oxygens (including phenoxy) is 1. The van der Waals surface area contributed by atoms with Crippen LogP contribution in [0.2, 0.25) is 0 Å². The number of fused-ring (bicyclic) bond motifs is 1. The second-order valence-corrected chi connectivity index (χ2v) is 7.23. The van der Waals surface area contributed by atoms with Gasteiger partial charge in [0.25, 0.3) is 0 Å². The molecule has 0 bridgehead atoms. The Labute approximate surface area is 162 Å². The Bertz CT molecular complexity index is 1010. The van der Waals surface area contributed by atoms with E-state index >= 15 is 0 Å². The summed E-state index contributed by atoms with van der Waals surface area (Å²) in [7, 11) is 0. The van der Waals surface area contributed by atoms with Crippen LogP contribution in [0, 0.1) is 12.7 Å². The molecule has 2 atom stereocenters. The highest BCUT2D eigenvalue weighted by molar-refractivity contribution is 5.95. The second-order valence-electron chi connectivity index (χ2n) is 7.23. The standard InChI is InChI=1S/C21H23FN4O2/c1-12-8-14(23)10-16-20(12)21(25-11-24-16)26-15-7-6-13(22)9-19(15)28-18-5-3-2-4-17(18)27/h6-11,17-18,27H,2-5,23H2,1H3,(H,24,25,26). The number of nitrogens with zero attached hydrogens (tertiary/aromatic N) is 2. The van der Waals surface area contributed by atoms with Crippen molar-refractivity contribution in [3.05, 3.63) is 48.0 Å². The number of benzene rings is 2. The van der Waals surface area contributed by atoms with E-state index in [2.05, 4.69) is 15.3 Å². The number of aryl methyl sites for hydroxylation is 1. The van der Waals surface area contributed by atoms with Crippen LogP contribution in [0.5, 0.6) is 5.75 Å². The first-order valence-electron chi connectivity index (χ1n) is 9.43. The van der Waals surface area contributed by atoms with Crippen LogP contribution in [0.15, 0.2) is 36.7 Å². The van der Waals surface area contributed by atoms with Crippen LogP contribution in [-0.4, -0.2) is 27.3 Å². The van der Waals surface area contributed by atoms with Crippen LogP contribution >= 0.6 is 0 Å². The third-order valence-corrected chi connectivity index (χ3v) is 5.10. The number of nitrogens with two attached hydrogens (primary N) is 1. The molecule has 1 fully saturated rings. The van der Waals surface area contributed by atoms with E-state index in [-0.39, 0.29) is 6.10 Å². The van der Waals surface area contributed by atoms with Crippen molar-refractivity contribution in [2.45, 2.75) is 44.8 Å². The highest BCUT2D eigenvalue weighted by atomic mass is 19.1. The molecule has 1 saturated carbocycles. The second kappa shape index (κ2) is 7.59. The Morgan fingerprint density at radius 1 is 1.18 bits per heavy atom. The van der Waals surface area contributed by atoms with Gasteiger partial charge in [-0.2, -0.15) is 0 Å². The van der Waals surface area contributed by atoms with Crippen molar-refractivity contribution in [2.75, 3.05) is 11.1 Å². The predicted molar refractivity (Wildman–Crippen MR) is 107 cm³/mol. The molecule has 146 valence electrons. The largest absolute Gasteiger partial charge is 0.485 e. The van der Waals surface area contributed by atoms with Crippen molar-refractivity contribution in [3.63, 3.8) is 0 Å². The Morgan fingerprint density at radius 2 is 2.00 bits per heavy atom. The summed E-state index contributed by atoms with van der Waals surface area (Å²) in [6.45, 7) is 1.94. The molecule has 28 heavy (non-hydrogen) atoms. The molecule has 4 N–H and O–H groups in total. The van der Waals surface area contributed by atoms with E-state index in [4.69, 9.17) is 10.5 Å². The number of anilines is 3.